The van der Waals surface area contributed by atoms with Crippen LogP contribution in [-0.2, 0) is 11.3 Å². The minimum absolute atomic E-state index is 0.0567. The smallest absolute Gasteiger partial charge is 0.253 e. The van der Waals surface area contributed by atoms with Gasteiger partial charge in [-0.1, -0.05) is 26.0 Å². The molecule has 0 radical (unpaired) electrons. The van der Waals surface area contributed by atoms with Crippen molar-refractivity contribution in [3.8, 4) is 0 Å². The predicted molar refractivity (Wildman–Crippen MR) is 125 cm³/mol. The molecule has 1 aromatic heterocycles. The Bertz CT molecular complexity index is 877. The number of pyridine rings is 1. The molecule has 0 aliphatic heterocycles. The molecule has 1 heterocycles. The van der Waals surface area contributed by atoms with E-state index in [1.54, 1.807) is 7.11 Å². The van der Waals surface area contributed by atoms with Gasteiger partial charge < -0.3 is 24.8 Å². The van der Waals surface area contributed by atoms with Crippen molar-refractivity contribution < 1.29 is 4.74 Å². The summed E-state index contributed by atoms with van der Waals surface area (Å²) >= 11 is 5.62. The van der Waals surface area contributed by atoms with E-state index in [2.05, 4.69) is 53.0 Å². The van der Waals surface area contributed by atoms with Crippen LogP contribution in [0.15, 0.2) is 23.0 Å². The van der Waals surface area contributed by atoms with Crippen molar-refractivity contribution >= 4 is 28.2 Å². The molecule has 7 heteroatoms. The molecular weight excluding hydrogens is 384 g/mol. The number of rotatable bonds is 10. The number of nitrogens with zero attached hydrogens (tertiary/aromatic N) is 2. The number of fused-ring (bicyclic) bond motifs is 1. The lowest BCUT2D eigenvalue weighted by molar-refractivity contribution is 0.202. The van der Waals surface area contributed by atoms with Gasteiger partial charge in [-0.25, -0.2) is 0 Å². The maximum Gasteiger partial charge on any atom is 0.253 e. The summed E-state index contributed by atoms with van der Waals surface area (Å²) < 4.78 is 5.11. The third kappa shape index (κ3) is 6.26. The van der Waals surface area contributed by atoms with Gasteiger partial charge in [0.05, 0.1) is 18.7 Å². The fourth-order valence-electron chi connectivity index (χ4n) is 3.32. The number of thiocarbonyl (C=S) groups is 1. The summed E-state index contributed by atoms with van der Waals surface area (Å²) in [7, 11) is 1.67. The number of benzene rings is 1. The lowest BCUT2D eigenvalue weighted by Crippen LogP contribution is -2.45. The number of hydrogen-bond acceptors (Lipinski definition) is 4. The number of H-pyrrole nitrogens is 1. The van der Waals surface area contributed by atoms with Crippen molar-refractivity contribution in [2.75, 3.05) is 46.4 Å². The van der Waals surface area contributed by atoms with Gasteiger partial charge >= 0.3 is 0 Å². The first-order valence-electron chi connectivity index (χ1n) is 10.3. The Balaban J connectivity index is 2.26. The molecule has 0 fully saturated rings. The predicted octanol–water partition coefficient (Wildman–Crippen LogP) is 2.81. The minimum Gasteiger partial charge on any atom is -0.383 e. The highest BCUT2D eigenvalue weighted by Gasteiger charge is 2.15. The van der Waals surface area contributed by atoms with Crippen molar-refractivity contribution in [3.05, 3.63) is 45.2 Å². The molecule has 29 heavy (non-hydrogen) atoms. The summed E-state index contributed by atoms with van der Waals surface area (Å²) in [4.78, 5) is 20.3. The van der Waals surface area contributed by atoms with Gasteiger partial charge in [0.25, 0.3) is 5.56 Å². The third-order valence-electron chi connectivity index (χ3n) is 5.44. The monoisotopic (exact) mass is 418 g/mol. The normalized spacial score (nSPS) is 11.2. The van der Waals surface area contributed by atoms with Gasteiger partial charge in [-0.15, -0.1) is 0 Å². The lowest BCUT2D eigenvalue weighted by Gasteiger charge is -2.28. The fraction of sp³-hybridized carbons (Fsp3) is 0.545. The second-order valence-corrected chi connectivity index (χ2v) is 7.66. The van der Waals surface area contributed by atoms with Crippen molar-refractivity contribution in [1.29, 1.82) is 0 Å². The minimum atomic E-state index is -0.0567. The molecular formula is C22H34N4O2S. The Morgan fingerprint density at radius 1 is 1.21 bits per heavy atom. The second-order valence-electron chi connectivity index (χ2n) is 7.27. The van der Waals surface area contributed by atoms with E-state index < -0.39 is 0 Å². The molecule has 0 aliphatic carbocycles. The Labute approximate surface area is 179 Å². The number of nitrogens with one attached hydrogen (secondary N) is 2. The van der Waals surface area contributed by atoms with Gasteiger partial charge in [0.1, 0.15) is 0 Å². The van der Waals surface area contributed by atoms with Crippen LogP contribution in [-0.4, -0.2) is 66.3 Å². The number of ether oxygens (including phenoxy) is 1. The molecule has 0 atom stereocenters. The average Bonchev–Trinajstić information content (AvgIpc) is 2.71. The van der Waals surface area contributed by atoms with Crippen LogP contribution in [0.1, 0.15) is 30.5 Å². The highest BCUT2D eigenvalue weighted by Crippen LogP contribution is 2.19. The summed E-state index contributed by atoms with van der Waals surface area (Å²) in [6.07, 6.45) is 0. The van der Waals surface area contributed by atoms with Crippen molar-refractivity contribution in [2.45, 2.75) is 34.2 Å². The SMILES string of the molecule is CCN(CC)CCN(Cc1cc2ccc(C)c(C)c2[nH]c1=O)C(=S)NCCOC. The summed E-state index contributed by atoms with van der Waals surface area (Å²) in [5.74, 6) is 0. The van der Waals surface area contributed by atoms with E-state index in [0.29, 0.717) is 24.8 Å². The molecule has 0 spiro atoms. The zero-order valence-electron chi connectivity index (χ0n) is 18.3. The van der Waals surface area contributed by atoms with Gasteiger partial charge in [0.15, 0.2) is 5.11 Å². The van der Waals surface area contributed by atoms with Gasteiger partial charge in [-0.2, -0.15) is 0 Å². The van der Waals surface area contributed by atoms with Crippen molar-refractivity contribution in [3.63, 3.8) is 0 Å². The topological polar surface area (TPSA) is 60.6 Å². The number of aromatic amines is 1. The van der Waals surface area contributed by atoms with Crippen molar-refractivity contribution in [1.82, 2.24) is 20.1 Å². The van der Waals surface area contributed by atoms with Crippen LogP contribution in [0.5, 0.6) is 0 Å². The van der Waals surface area contributed by atoms with E-state index in [-0.39, 0.29) is 5.56 Å². The maximum absolute atomic E-state index is 12.8. The van der Waals surface area contributed by atoms with Crippen LogP contribution >= 0.6 is 12.2 Å². The van der Waals surface area contributed by atoms with Gasteiger partial charge in [0, 0.05) is 32.3 Å². The molecule has 0 unspecified atom stereocenters. The van der Waals surface area contributed by atoms with E-state index in [0.717, 1.165) is 48.2 Å². The second kappa shape index (κ2) is 11.3. The van der Waals surface area contributed by atoms with E-state index in [9.17, 15) is 4.79 Å². The lowest BCUT2D eigenvalue weighted by atomic mass is 10.0. The molecule has 0 bridgehead atoms. The van der Waals surface area contributed by atoms with Gasteiger partial charge in [-0.05, 0) is 61.7 Å². The van der Waals surface area contributed by atoms with Crippen LogP contribution in [0.2, 0.25) is 0 Å². The van der Waals surface area contributed by atoms with E-state index >= 15 is 0 Å². The Morgan fingerprint density at radius 3 is 2.59 bits per heavy atom. The Morgan fingerprint density at radius 2 is 1.93 bits per heavy atom. The Kier molecular flexibility index (Phi) is 9.07. The van der Waals surface area contributed by atoms with Crippen LogP contribution < -0.4 is 10.9 Å². The summed E-state index contributed by atoms with van der Waals surface area (Å²) in [6.45, 7) is 13.7. The Hall–Kier alpha value is -1.96. The summed E-state index contributed by atoms with van der Waals surface area (Å²) in [6, 6.07) is 6.14. The number of aromatic nitrogens is 1. The van der Waals surface area contributed by atoms with Gasteiger partial charge in [-0.3, -0.25) is 4.79 Å². The largest absolute Gasteiger partial charge is 0.383 e. The van der Waals surface area contributed by atoms with E-state index in [1.165, 1.54) is 5.56 Å². The highest BCUT2D eigenvalue weighted by atomic mass is 32.1. The summed E-state index contributed by atoms with van der Waals surface area (Å²) in [5.41, 5.74) is 3.86. The van der Waals surface area contributed by atoms with Crippen LogP contribution in [0.3, 0.4) is 0 Å². The fourth-order valence-corrected chi connectivity index (χ4v) is 3.58. The molecule has 2 aromatic rings. The molecule has 0 saturated heterocycles. The third-order valence-corrected chi connectivity index (χ3v) is 5.84. The highest BCUT2D eigenvalue weighted by molar-refractivity contribution is 7.80. The zero-order chi connectivity index (χ0) is 21.4. The number of likely N-dealkylation sites (N-methyl/N-ethyl adjacent to an activating group) is 1. The first-order valence-corrected chi connectivity index (χ1v) is 10.7. The van der Waals surface area contributed by atoms with E-state index in [4.69, 9.17) is 17.0 Å². The summed E-state index contributed by atoms with van der Waals surface area (Å²) in [5, 5.41) is 4.93. The number of aryl methyl sites for hydroxylation is 2. The zero-order valence-corrected chi connectivity index (χ0v) is 19.1. The molecule has 2 N–H and O–H groups in total. The molecule has 1 aromatic carbocycles. The molecule has 6 nitrogen and oxygen atoms in total. The van der Waals surface area contributed by atoms with Crippen LogP contribution in [0.25, 0.3) is 10.9 Å². The van der Waals surface area contributed by atoms with E-state index in [1.807, 2.05) is 13.0 Å². The molecule has 0 aliphatic rings. The van der Waals surface area contributed by atoms with Gasteiger partial charge in [0.2, 0.25) is 0 Å². The average molecular weight is 419 g/mol. The van der Waals surface area contributed by atoms with Crippen LogP contribution in [0.4, 0.5) is 0 Å². The standard InChI is InChI=1S/C22H34N4O2S/c1-6-25(7-2)11-12-26(22(29)23-10-13-28-5)15-19-14-18-9-8-16(3)17(4)20(18)24-21(19)27/h8-9,14H,6-7,10-13,15H2,1-5H3,(H,23,29)(H,24,27). The number of hydrogen-bond donors (Lipinski definition) is 2. The van der Waals surface area contributed by atoms with Crippen molar-refractivity contribution in [2.24, 2.45) is 0 Å². The molecule has 2 rings (SSSR count). The quantitative estimate of drug-likeness (QED) is 0.457. The molecule has 0 saturated carbocycles. The molecule has 0 amide bonds. The number of methoxy groups -OCH3 is 1. The first-order chi connectivity index (χ1) is 13.9. The van der Waals surface area contributed by atoms with Crippen LogP contribution in [0, 0.1) is 13.8 Å². The first kappa shape index (κ1) is 23.3. The maximum atomic E-state index is 12.8. The molecule has 160 valence electrons.